The van der Waals surface area contributed by atoms with Crippen molar-refractivity contribution in [2.24, 2.45) is 11.3 Å². The first-order valence-corrected chi connectivity index (χ1v) is 6.21. The van der Waals surface area contributed by atoms with Crippen LogP contribution in [0.4, 0.5) is 0 Å². The lowest BCUT2D eigenvalue weighted by molar-refractivity contribution is -0.141. The molecule has 0 spiro atoms. The molecule has 0 N–H and O–H groups in total. The largest absolute Gasteiger partial charge is 0.463 e. The molecule has 2 atom stereocenters. The minimum absolute atomic E-state index is 0.0418. The maximum atomic E-state index is 11.6. The second-order valence-corrected chi connectivity index (χ2v) is 5.46. The van der Waals surface area contributed by atoms with Gasteiger partial charge in [-0.25, -0.2) is 4.79 Å². The molecule has 1 aliphatic rings. The molecule has 0 aromatic carbocycles. The highest BCUT2D eigenvalue weighted by Crippen LogP contribution is 2.50. The number of carbonyl (C=O) groups excluding carboxylic acids is 2. The minimum atomic E-state index is -0.519. The Morgan fingerprint density at radius 3 is 2.35 bits per heavy atom. The Morgan fingerprint density at radius 1 is 1.41 bits per heavy atom. The van der Waals surface area contributed by atoms with Crippen LogP contribution in [0.5, 0.6) is 0 Å². The maximum absolute atomic E-state index is 11.6. The van der Waals surface area contributed by atoms with Gasteiger partial charge in [0.05, 0.1) is 6.61 Å². The highest BCUT2D eigenvalue weighted by atomic mass is 35.5. The van der Waals surface area contributed by atoms with Crippen molar-refractivity contribution < 1.29 is 14.3 Å². The predicted octanol–water partition coefficient (Wildman–Crippen LogP) is 2.72. The molecule has 2 unspecified atom stereocenters. The van der Waals surface area contributed by atoms with Crippen molar-refractivity contribution in [1.82, 2.24) is 0 Å². The highest BCUT2D eigenvalue weighted by Gasteiger charge is 2.56. The molecule has 0 aromatic rings. The van der Waals surface area contributed by atoms with E-state index in [0.29, 0.717) is 12.2 Å². The fraction of sp³-hybridized carbons (Fsp3) is 0.692. The lowest BCUT2D eigenvalue weighted by Crippen LogP contribution is -2.56. The number of esters is 1. The second kappa shape index (κ2) is 4.81. The number of rotatable bonds is 3. The molecule has 0 bridgehead atoms. The summed E-state index contributed by atoms with van der Waals surface area (Å²) in [5.41, 5.74) is 0.931. The monoisotopic (exact) mass is 258 g/mol. The van der Waals surface area contributed by atoms with E-state index in [1.807, 2.05) is 20.8 Å². The molecule has 96 valence electrons. The maximum Gasteiger partial charge on any atom is 0.333 e. The van der Waals surface area contributed by atoms with Gasteiger partial charge in [-0.05, 0) is 20.8 Å². The van der Waals surface area contributed by atoms with Gasteiger partial charge in [0, 0.05) is 16.9 Å². The summed E-state index contributed by atoms with van der Waals surface area (Å²) in [6, 6.07) is 0. The smallest absolute Gasteiger partial charge is 0.333 e. The summed E-state index contributed by atoms with van der Waals surface area (Å²) in [5, 5.41) is -0.519. The molecule has 3 nitrogen and oxygen atoms in total. The second-order valence-electron chi connectivity index (χ2n) is 4.99. The lowest BCUT2D eigenvalue weighted by Gasteiger charge is -2.47. The van der Waals surface area contributed by atoms with Gasteiger partial charge in [-0.2, -0.15) is 0 Å². The third kappa shape index (κ3) is 2.25. The number of carbonyl (C=O) groups is 2. The Morgan fingerprint density at radius 2 is 1.94 bits per heavy atom. The van der Waals surface area contributed by atoms with Gasteiger partial charge in [0.1, 0.15) is 5.38 Å². The average Bonchev–Trinajstić information content (AvgIpc) is 2.27. The van der Waals surface area contributed by atoms with Gasteiger partial charge in [-0.1, -0.05) is 19.4 Å². The summed E-state index contributed by atoms with van der Waals surface area (Å²) in [7, 11) is 0. The number of ketones is 1. The molecule has 1 fully saturated rings. The van der Waals surface area contributed by atoms with Gasteiger partial charge in [-0.15, -0.1) is 11.6 Å². The highest BCUT2D eigenvalue weighted by molar-refractivity contribution is 6.35. The third-order valence-electron chi connectivity index (χ3n) is 3.60. The Kier molecular flexibility index (Phi) is 4.03. The molecule has 0 heterocycles. The van der Waals surface area contributed by atoms with Crippen LogP contribution in [0.3, 0.4) is 0 Å². The van der Waals surface area contributed by atoms with Crippen molar-refractivity contribution in [3.8, 4) is 0 Å². The molecule has 1 saturated carbocycles. The average molecular weight is 259 g/mol. The van der Waals surface area contributed by atoms with Crippen LogP contribution >= 0.6 is 11.6 Å². The number of ether oxygens (including phenoxy) is 1. The SMILES string of the molecule is CCOC(=O)C(C)=C(C)C1C(Cl)C(=O)C1(C)C. The first-order valence-electron chi connectivity index (χ1n) is 5.78. The molecule has 0 saturated heterocycles. The van der Waals surface area contributed by atoms with E-state index in [1.165, 1.54) is 0 Å². The van der Waals surface area contributed by atoms with Crippen LogP contribution in [0.25, 0.3) is 0 Å². The van der Waals surface area contributed by atoms with Gasteiger partial charge in [0.2, 0.25) is 0 Å². The molecule has 0 radical (unpaired) electrons. The van der Waals surface area contributed by atoms with Crippen LogP contribution in [-0.2, 0) is 14.3 Å². The van der Waals surface area contributed by atoms with Crippen molar-refractivity contribution in [2.75, 3.05) is 6.61 Å². The molecule has 1 aliphatic carbocycles. The molecular formula is C13H19ClO3. The molecule has 0 aromatic heterocycles. The molecule has 17 heavy (non-hydrogen) atoms. The standard InChI is InChI=1S/C13H19ClO3/c1-6-17-12(16)8(3)7(2)9-10(14)11(15)13(9,4)5/h9-10H,6H2,1-5H3. The van der Waals surface area contributed by atoms with Gasteiger partial charge in [0.25, 0.3) is 0 Å². The van der Waals surface area contributed by atoms with E-state index in [1.54, 1.807) is 13.8 Å². The van der Waals surface area contributed by atoms with Crippen molar-refractivity contribution in [3.05, 3.63) is 11.1 Å². The number of halogens is 1. The zero-order chi connectivity index (χ0) is 13.4. The van der Waals surface area contributed by atoms with Crippen LogP contribution in [0.1, 0.15) is 34.6 Å². The Hall–Kier alpha value is -0.830. The Labute approximate surface area is 107 Å². The van der Waals surface area contributed by atoms with Crippen LogP contribution in [0, 0.1) is 11.3 Å². The van der Waals surface area contributed by atoms with Crippen molar-refractivity contribution in [3.63, 3.8) is 0 Å². The van der Waals surface area contributed by atoms with E-state index in [9.17, 15) is 9.59 Å². The fourth-order valence-electron chi connectivity index (χ4n) is 2.32. The molecule has 4 heteroatoms. The number of hydrogen-bond acceptors (Lipinski definition) is 3. The lowest BCUT2D eigenvalue weighted by atomic mass is 9.58. The predicted molar refractivity (Wildman–Crippen MR) is 66.9 cm³/mol. The summed E-state index contributed by atoms with van der Waals surface area (Å²) < 4.78 is 4.95. The first kappa shape index (κ1) is 14.2. The van der Waals surface area contributed by atoms with Gasteiger partial charge >= 0.3 is 5.97 Å². The summed E-state index contributed by atoms with van der Waals surface area (Å²) in [6.45, 7) is 9.40. The topological polar surface area (TPSA) is 43.4 Å². The van der Waals surface area contributed by atoms with Crippen LogP contribution in [0.2, 0.25) is 0 Å². The first-order chi connectivity index (χ1) is 7.75. The van der Waals surface area contributed by atoms with Gasteiger partial charge in [-0.3, -0.25) is 4.79 Å². The van der Waals surface area contributed by atoms with Crippen LogP contribution in [0.15, 0.2) is 11.1 Å². The fourth-order valence-corrected chi connectivity index (χ4v) is 3.11. The quantitative estimate of drug-likeness (QED) is 0.444. The Bertz CT molecular complexity index is 382. The zero-order valence-electron chi connectivity index (χ0n) is 11.0. The number of alkyl halides is 1. The summed E-state index contributed by atoms with van der Waals surface area (Å²) in [4.78, 5) is 23.3. The number of Topliss-reactive ketones (excluding diaryl/α,β-unsaturated/α-hetero) is 1. The van der Waals surface area contributed by atoms with Gasteiger partial charge in [0.15, 0.2) is 5.78 Å². The van der Waals surface area contributed by atoms with Crippen LogP contribution < -0.4 is 0 Å². The molecule has 0 amide bonds. The van der Waals surface area contributed by atoms with E-state index >= 15 is 0 Å². The third-order valence-corrected chi connectivity index (χ3v) is 4.05. The van der Waals surface area contributed by atoms with Crippen molar-refractivity contribution in [2.45, 2.75) is 40.0 Å². The normalized spacial score (nSPS) is 28.2. The van der Waals surface area contributed by atoms with Crippen molar-refractivity contribution >= 4 is 23.4 Å². The summed E-state index contributed by atoms with van der Waals surface area (Å²) in [5.74, 6) is -0.370. The summed E-state index contributed by atoms with van der Waals surface area (Å²) in [6.07, 6.45) is 0. The molecule has 0 aliphatic heterocycles. The zero-order valence-corrected chi connectivity index (χ0v) is 11.7. The van der Waals surface area contributed by atoms with E-state index in [0.717, 1.165) is 5.57 Å². The van der Waals surface area contributed by atoms with Crippen LogP contribution in [-0.4, -0.2) is 23.7 Å². The van der Waals surface area contributed by atoms with E-state index in [4.69, 9.17) is 16.3 Å². The Balaban J connectivity index is 2.97. The van der Waals surface area contributed by atoms with E-state index < -0.39 is 10.8 Å². The molecular weight excluding hydrogens is 240 g/mol. The van der Waals surface area contributed by atoms with Crippen molar-refractivity contribution in [1.29, 1.82) is 0 Å². The summed E-state index contributed by atoms with van der Waals surface area (Å²) >= 11 is 6.03. The van der Waals surface area contributed by atoms with E-state index in [-0.39, 0.29) is 17.7 Å². The number of hydrogen-bond donors (Lipinski definition) is 0. The van der Waals surface area contributed by atoms with Gasteiger partial charge < -0.3 is 4.74 Å². The minimum Gasteiger partial charge on any atom is -0.463 e. The number of allylic oxidation sites excluding steroid dienone is 1. The van der Waals surface area contributed by atoms with E-state index in [2.05, 4.69) is 0 Å². The molecule has 1 rings (SSSR count).